The molecule has 0 aromatic heterocycles. The Bertz CT molecular complexity index is 246. The molecule has 1 unspecified atom stereocenters. The first kappa shape index (κ1) is 8.21. The summed E-state index contributed by atoms with van der Waals surface area (Å²) < 4.78 is 13.4. The van der Waals surface area contributed by atoms with E-state index in [-0.39, 0.29) is 22.5 Å². The molecule has 1 nitrogen and oxygen atoms in total. The third-order valence-electron chi connectivity index (χ3n) is 4.45. The Kier molecular flexibility index (Phi) is 1.31. The summed E-state index contributed by atoms with van der Waals surface area (Å²) in [5.74, 6) is -0.168. The second-order valence-electron chi connectivity index (χ2n) is 4.96. The Balaban J connectivity index is 2.50. The van der Waals surface area contributed by atoms with Crippen LogP contribution < -0.4 is 0 Å². The van der Waals surface area contributed by atoms with E-state index in [0.717, 1.165) is 12.8 Å². The lowest BCUT2D eigenvalue weighted by atomic mass is 9.70. The van der Waals surface area contributed by atoms with Crippen LogP contribution in [0.25, 0.3) is 0 Å². The van der Waals surface area contributed by atoms with Crippen LogP contribution in [0.5, 0.6) is 0 Å². The van der Waals surface area contributed by atoms with E-state index < -0.39 is 6.17 Å². The van der Waals surface area contributed by atoms with Crippen molar-refractivity contribution >= 4 is 5.78 Å². The SMILES string of the molecule is CC1(C)[C@@H]2CC[C@@]1(C)C(=O)C2F. The Morgan fingerprint density at radius 3 is 2.25 bits per heavy atom. The van der Waals surface area contributed by atoms with Crippen molar-refractivity contribution in [2.45, 2.75) is 39.8 Å². The minimum atomic E-state index is -1.18. The topological polar surface area (TPSA) is 17.1 Å². The molecule has 2 aliphatic rings. The molecule has 0 aliphatic heterocycles. The molecule has 0 spiro atoms. The van der Waals surface area contributed by atoms with E-state index in [1.54, 1.807) is 0 Å². The van der Waals surface area contributed by atoms with Gasteiger partial charge in [0.05, 0.1) is 0 Å². The third kappa shape index (κ3) is 0.593. The fourth-order valence-corrected chi connectivity index (χ4v) is 2.98. The van der Waals surface area contributed by atoms with Gasteiger partial charge in [-0.3, -0.25) is 4.79 Å². The van der Waals surface area contributed by atoms with E-state index in [4.69, 9.17) is 0 Å². The molecule has 0 radical (unpaired) electrons. The van der Waals surface area contributed by atoms with Gasteiger partial charge in [0.1, 0.15) is 0 Å². The van der Waals surface area contributed by atoms with E-state index in [9.17, 15) is 9.18 Å². The maximum Gasteiger partial charge on any atom is 0.173 e. The number of Topliss-reactive ketones (excluding diaryl/α,β-unsaturated/α-hetero) is 1. The molecule has 0 aromatic carbocycles. The number of ketones is 1. The van der Waals surface area contributed by atoms with Gasteiger partial charge in [-0.15, -0.1) is 0 Å². The molecule has 0 aromatic rings. The van der Waals surface area contributed by atoms with Crippen molar-refractivity contribution in [1.29, 1.82) is 0 Å². The number of hydrogen-bond acceptors (Lipinski definition) is 1. The summed E-state index contributed by atoms with van der Waals surface area (Å²) >= 11 is 0. The number of halogens is 1. The maximum absolute atomic E-state index is 13.4. The van der Waals surface area contributed by atoms with Crippen LogP contribution in [0.3, 0.4) is 0 Å². The van der Waals surface area contributed by atoms with E-state index in [1.165, 1.54) is 0 Å². The first-order valence-corrected chi connectivity index (χ1v) is 4.59. The summed E-state index contributed by atoms with van der Waals surface area (Å²) in [5, 5.41) is 0. The van der Waals surface area contributed by atoms with Gasteiger partial charge >= 0.3 is 0 Å². The first-order valence-electron chi connectivity index (χ1n) is 4.59. The summed E-state index contributed by atoms with van der Waals surface area (Å²) in [4.78, 5) is 11.5. The summed E-state index contributed by atoms with van der Waals surface area (Å²) in [6.45, 7) is 5.99. The predicted molar refractivity (Wildman–Crippen MR) is 44.5 cm³/mol. The highest BCUT2D eigenvalue weighted by Gasteiger charge is 2.66. The Hall–Kier alpha value is -0.400. The lowest BCUT2D eigenvalue weighted by Crippen LogP contribution is -2.33. The van der Waals surface area contributed by atoms with Crippen LogP contribution in [0.4, 0.5) is 4.39 Å². The van der Waals surface area contributed by atoms with Crippen LogP contribution >= 0.6 is 0 Å². The van der Waals surface area contributed by atoms with E-state index in [1.807, 2.05) is 20.8 Å². The fraction of sp³-hybridized carbons (Fsp3) is 0.900. The number of hydrogen-bond donors (Lipinski definition) is 0. The zero-order valence-electron chi connectivity index (χ0n) is 7.86. The standard InChI is InChI=1S/C10H15FO/c1-9(2)6-4-5-10(9,3)8(12)7(6)11/h6-7H,4-5H2,1-3H3/t6-,7?,10+/m1/s1. The lowest BCUT2D eigenvalue weighted by molar-refractivity contribution is -0.132. The molecule has 0 saturated heterocycles. The summed E-state index contributed by atoms with van der Waals surface area (Å²) in [5.41, 5.74) is -0.499. The van der Waals surface area contributed by atoms with Crippen molar-refractivity contribution in [3.63, 3.8) is 0 Å². The van der Waals surface area contributed by atoms with Gasteiger partial charge in [0.15, 0.2) is 12.0 Å². The number of carbonyl (C=O) groups is 1. The van der Waals surface area contributed by atoms with Crippen LogP contribution in [0.2, 0.25) is 0 Å². The highest BCUT2D eigenvalue weighted by Crippen LogP contribution is 2.64. The Morgan fingerprint density at radius 1 is 1.42 bits per heavy atom. The van der Waals surface area contributed by atoms with Gasteiger partial charge in [0.2, 0.25) is 0 Å². The molecule has 12 heavy (non-hydrogen) atoms. The van der Waals surface area contributed by atoms with E-state index in [0.29, 0.717) is 0 Å². The Morgan fingerprint density at radius 2 is 2.00 bits per heavy atom. The maximum atomic E-state index is 13.4. The van der Waals surface area contributed by atoms with Gasteiger partial charge in [0, 0.05) is 11.3 Å². The number of rotatable bonds is 0. The number of alkyl halides is 1. The van der Waals surface area contributed by atoms with Crippen LogP contribution in [-0.4, -0.2) is 12.0 Å². The molecule has 2 bridgehead atoms. The molecule has 3 atom stereocenters. The van der Waals surface area contributed by atoms with Gasteiger partial charge < -0.3 is 0 Å². The molecule has 68 valence electrons. The normalized spacial score (nSPS) is 50.2. The second-order valence-corrected chi connectivity index (χ2v) is 4.96. The fourth-order valence-electron chi connectivity index (χ4n) is 2.98. The zero-order valence-corrected chi connectivity index (χ0v) is 7.86. The molecule has 2 heteroatoms. The molecule has 2 rings (SSSR count). The van der Waals surface area contributed by atoms with E-state index in [2.05, 4.69) is 0 Å². The molecule has 2 fully saturated rings. The van der Waals surface area contributed by atoms with Crippen molar-refractivity contribution in [2.24, 2.45) is 16.7 Å². The second kappa shape index (κ2) is 1.91. The van der Waals surface area contributed by atoms with Crippen molar-refractivity contribution in [3.05, 3.63) is 0 Å². The van der Waals surface area contributed by atoms with Crippen LogP contribution in [0.15, 0.2) is 0 Å². The average molecular weight is 170 g/mol. The Labute approximate surface area is 72.3 Å². The van der Waals surface area contributed by atoms with E-state index >= 15 is 0 Å². The van der Waals surface area contributed by atoms with Crippen molar-refractivity contribution in [3.8, 4) is 0 Å². The summed E-state index contributed by atoms with van der Waals surface area (Å²) in [6.07, 6.45) is 0.582. The predicted octanol–water partition coefficient (Wildman–Crippen LogP) is 2.35. The van der Waals surface area contributed by atoms with Gasteiger partial charge in [0.25, 0.3) is 0 Å². The first-order chi connectivity index (χ1) is 5.41. The molecule has 0 heterocycles. The molecular weight excluding hydrogens is 155 g/mol. The number of carbonyl (C=O) groups excluding carboxylic acids is 1. The third-order valence-corrected chi connectivity index (χ3v) is 4.45. The molecule has 0 N–H and O–H groups in total. The van der Waals surface area contributed by atoms with Crippen molar-refractivity contribution in [2.75, 3.05) is 0 Å². The quantitative estimate of drug-likeness (QED) is 0.545. The van der Waals surface area contributed by atoms with Crippen LogP contribution in [0.1, 0.15) is 33.6 Å². The highest BCUT2D eigenvalue weighted by atomic mass is 19.1. The van der Waals surface area contributed by atoms with Crippen molar-refractivity contribution < 1.29 is 9.18 Å². The molecule has 2 saturated carbocycles. The molecule has 0 amide bonds. The largest absolute Gasteiger partial charge is 0.296 e. The highest BCUT2D eigenvalue weighted by molar-refractivity contribution is 5.93. The van der Waals surface area contributed by atoms with Crippen LogP contribution in [0, 0.1) is 16.7 Å². The molecule has 2 aliphatic carbocycles. The van der Waals surface area contributed by atoms with Gasteiger partial charge in [-0.2, -0.15) is 0 Å². The average Bonchev–Trinajstić information content (AvgIpc) is 2.26. The zero-order chi connectivity index (χ0) is 9.15. The number of fused-ring (bicyclic) bond motifs is 2. The smallest absolute Gasteiger partial charge is 0.173 e. The minimum absolute atomic E-state index is 0.0185. The van der Waals surface area contributed by atoms with Crippen LogP contribution in [-0.2, 0) is 4.79 Å². The lowest BCUT2D eigenvalue weighted by Gasteiger charge is -2.31. The van der Waals surface area contributed by atoms with Gasteiger partial charge in [-0.1, -0.05) is 20.8 Å². The van der Waals surface area contributed by atoms with Gasteiger partial charge in [-0.05, 0) is 18.3 Å². The van der Waals surface area contributed by atoms with Gasteiger partial charge in [-0.25, -0.2) is 4.39 Å². The molecular formula is C10H15FO. The summed E-state index contributed by atoms with van der Waals surface area (Å²) in [6, 6.07) is 0. The monoisotopic (exact) mass is 170 g/mol. The van der Waals surface area contributed by atoms with Crippen molar-refractivity contribution in [1.82, 2.24) is 0 Å². The summed E-state index contributed by atoms with van der Waals surface area (Å²) in [7, 11) is 0. The minimum Gasteiger partial charge on any atom is -0.296 e.